The number of carbonyl (C=O) groups is 5. The molecule has 3 amide bonds. The molecule has 0 aliphatic carbocycles. The molecule has 0 saturated carbocycles. The van der Waals surface area contributed by atoms with E-state index in [2.05, 4.69) is 21.3 Å². The molecule has 0 aromatic heterocycles. The van der Waals surface area contributed by atoms with Gasteiger partial charge in [0.2, 0.25) is 17.7 Å². The van der Waals surface area contributed by atoms with Crippen molar-refractivity contribution in [1.29, 1.82) is 0 Å². The maximum atomic E-state index is 13.0. The van der Waals surface area contributed by atoms with Crippen LogP contribution in [0.3, 0.4) is 0 Å². The Morgan fingerprint density at radius 3 is 2.12 bits per heavy atom. The molecule has 1 fully saturated rings. The van der Waals surface area contributed by atoms with Crippen LogP contribution in [0.5, 0.6) is 0 Å². The highest BCUT2D eigenvalue weighted by Crippen LogP contribution is 2.12. The van der Waals surface area contributed by atoms with Gasteiger partial charge in [-0.05, 0) is 38.6 Å². The standard InChI is InChI=1S/C20H34N4O8/c1-4-10(2)15(23-17(28)12-6-5-9-21-12)19(30)22-13(7-8-14(26)27)18(29)24-16(11(3)25)20(31)32/h10-13,15-16,21,25H,4-9H2,1-3H3,(H,22,30)(H,23,28)(H,24,29)(H,26,27)(H,31,32). The monoisotopic (exact) mass is 458 g/mol. The molecule has 6 atom stereocenters. The Morgan fingerprint density at radius 1 is 1.00 bits per heavy atom. The number of aliphatic hydroxyl groups is 1. The number of aliphatic carboxylic acids is 2. The number of aliphatic hydroxyl groups excluding tert-OH is 1. The van der Waals surface area contributed by atoms with Crippen molar-refractivity contribution in [2.45, 2.75) is 83.1 Å². The van der Waals surface area contributed by atoms with Crippen molar-refractivity contribution < 1.29 is 39.3 Å². The average Bonchev–Trinajstić information content (AvgIpc) is 3.26. The van der Waals surface area contributed by atoms with Crippen molar-refractivity contribution in [2.75, 3.05) is 6.54 Å². The third-order valence-electron chi connectivity index (χ3n) is 5.50. The van der Waals surface area contributed by atoms with Gasteiger partial charge in [0.1, 0.15) is 12.1 Å². The molecule has 0 aromatic rings. The number of rotatable bonds is 13. The van der Waals surface area contributed by atoms with Gasteiger partial charge in [-0.15, -0.1) is 0 Å². The lowest BCUT2D eigenvalue weighted by atomic mass is 9.97. The van der Waals surface area contributed by atoms with E-state index in [1.807, 2.05) is 6.92 Å². The average molecular weight is 459 g/mol. The Labute approximate surface area is 186 Å². The Hall–Kier alpha value is -2.73. The zero-order chi connectivity index (χ0) is 24.4. The predicted octanol–water partition coefficient (Wildman–Crippen LogP) is -1.43. The van der Waals surface area contributed by atoms with Crippen LogP contribution in [0.2, 0.25) is 0 Å². The molecule has 1 heterocycles. The molecule has 32 heavy (non-hydrogen) atoms. The molecule has 1 aliphatic heterocycles. The molecule has 6 unspecified atom stereocenters. The highest BCUT2D eigenvalue weighted by Gasteiger charge is 2.34. The molecule has 0 bridgehead atoms. The largest absolute Gasteiger partial charge is 0.481 e. The second kappa shape index (κ2) is 13.0. The van der Waals surface area contributed by atoms with Gasteiger partial charge in [0, 0.05) is 6.42 Å². The van der Waals surface area contributed by atoms with E-state index >= 15 is 0 Å². The molecule has 1 rings (SSSR count). The first-order valence-corrected chi connectivity index (χ1v) is 10.7. The fourth-order valence-electron chi connectivity index (χ4n) is 3.30. The second-order valence-electron chi connectivity index (χ2n) is 8.08. The first kappa shape index (κ1) is 27.3. The first-order valence-electron chi connectivity index (χ1n) is 10.7. The summed E-state index contributed by atoms with van der Waals surface area (Å²) >= 11 is 0. The summed E-state index contributed by atoms with van der Waals surface area (Å²) in [6.07, 6.45) is -0.157. The van der Waals surface area contributed by atoms with Crippen molar-refractivity contribution in [3.63, 3.8) is 0 Å². The van der Waals surface area contributed by atoms with Crippen LogP contribution in [-0.2, 0) is 24.0 Å². The summed E-state index contributed by atoms with van der Waals surface area (Å²) in [5, 5.41) is 38.0. The number of carboxylic acids is 2. The quantitative estimate of drug-likeness (QED) is 0.173. The maximum Gasteiger partial charge on any atom is 0.328 e. The van der Waals surface area contributed by atoms with E-state index < -0.39 is 60.4 Å². The van der Waals surface area contributed by atoms with Gasteiger partial charge in [-0.25, -0.2) is 4.79 Å². The van der Waals surface area contributed by atoms with Crippen molar-refractivity contribution in [3.05, 3.63) is 0 Å². The second-order valence-corrected chi connectivity index (χ2v) is 8.08. The summed E-state index contributed by atoms with van der Waals surface area (Å²) in [6, 6.07) is -4.39. The van der Waals surface area contributed by atoms with Crippen LogP contribution < -0.4 is 21.3 Å². The first-order chi connectivity index (χ1) is 15.0. The molecule has 0 aromatic carbocycles. The lowest BCUT2D eigenvalue weighted by Crippen LogP contribution is -2.59. The summed E-state index contributed by atoms with van der Waals surface area (Å²) in [5.74, 6) is -4.94. The molecular weight excluding hydrogens is 424 g/mol. The third kappa shape index (κ3) is 8.42. The zero-order valence-electron chi connectivity index (χ0n) is 18.6. The van der Waals surface area contributed by atoms with Crippen molar-refractivity contribution in [1.82, 2.24) is 21.3 Å². The van der Waals surface area contributed by atoms with Gasteiger partial charge in [-0.2, -0.15) is 0 Å². The number of hydrogen-bond donors (Lipinski definition) is 7. The van der Waals surface area contributed by atoms with Gasteiger partial charge in [-0.3, -0.25) is 19.2 Å². The van der Waals surface area contributed by atoms with Crippen molar-refractivity contribution in [3.8, 4) is 0 Å². The summed E-state index contributed by atoms with van der Waals surface area (Å²) in [7, 11) is 0. The lowest BCUT2D eigenvalue weighted by molar-refractivity contribution is -0.145. The van der Waals surface area contributed by atoms with Crippen molar-refractivity contribution >= 4 is 29.7 Å². The van der Waals surface area contributed by atoms with Gasteiger partial charge in [0.05, 0.1) is 12.1 Å². The van der Waals surface area contributed by atoms with Crippen LogP contribution >= 0.6 is 0 Å². The number of hydrogen-bond acceptors (Lipinski definition) is 7. The number of carboxylic acid groups (broad SMARTS) is 2. The Bertz CT molecular complexity index is 693. The third-order valence-corrected chi connectivity index (χ3v) is 5.50. The molecule has 12 nitrogen and oxygen atoms in total. The van der Waals surface area contributed by atoms with E-state index in [0.717, 1.165) is 6.42 Å². The van der Waals surface area contributed by atoms with Gasteiger partial charge < -0.3 is 36.6 Å². The highest BCUT2D eigenvalue weighted by molar-refractivity contribution is 5.94. The number of amides is 3. The fourth-order valence-corrected chi connectivity index (χ4v) is 3.30. The summed E-state index contributed by atoms with van der Waals surface area (Å²) < 4.78 is 0. The SMILES string of the molecule is CCC(C)C(NC(=O)C1CCCN1)C(=O)NC(CCC(=O)O)C(=O)NC(C(=O)O)C(C)O. The topological polar surface area (TPSA) is 194 Å². The molecular formula is C20H34N4O8. The maximum absolute atomic E-state index is 13.0. The van der Waals surface area contributed by atoms with Crippen LogP contribution in [0.15, 0.2) is 0 Å². The van der Waals surface area contributed by atoms with E-state index in [1.165, 1.54) is 6.92 Å². The van der Waals surface area contributed by atoms with Crippen LogP contribution in [-0.4, -0.2) is 81.8 Å². The van der Waals surface area contributed by atoms with E-state index in [4.69, 9.17) is 10.2 Å². The van der Waals surface area contributed by atoms with E-state index in [-0.39, 0.29) is 18.2 Å². The summed E-state index contributed by atoms with van der Waals surface area (Å²) in [5.41, 5.74) is 0. The lowest BCUT2D eigenvalue weighted by Gasteiger charge is -2.28. The Kier molecular flexibility index (Phi) is 11.1. The van der Waals surface area contributed by atoms with Crippen LogP contribution in [0, 0.1) is 5.92 Å². The molecule has 1 saturated heterocycles. The molecule has 0 spiro atoms. The van der Waals surface area contributed by atoms with Gasteiger partial charge in [-0.1, -0.05) is 20.3 Å². The van der Waals surface area contributed by atoms with Crippen LogP contribution in [0.4, 0.5) is 0 Å². The summed E-state index contributed by atoms with van der Waals surface area (Å²) in [4.78, 5) is 60.3. The fraction of sp³-hybridized carbons (Fsp3) is 0.750. The van der Waals surface area contributed by atoms with Crippen molar-refractivity contribution in [2.24, 2.45) is 5.92 Å². The van der Waals surface area contributed by atoms with Gasteiger partial charge >= 0.3 is 11.9 Å². The van der Waals surface area contributed by atoms with Gasteiger partial charge in [0.15, 0.2) is 6.04 Å². The minimum absolute atomic E-state index is 0.284. The van der Waals surface area contributed by atoms with E-state index in [1.54, 1.807) is 6.92 Å². The van der Waals surface area contributed by atoms with Crippen LogP contribution in [0.25, 0.3) is 0 Å². The molecule has 7 N–H and O–H groups in total. The number of nitrogens with one attached hydrogen (secondary N) is 4. The molecule has 12 heteroatoms. The minimum Gasteiger partial charge on any atom is -0.481 e. The predicted molar refractivity (Wildman–Crippen MR) is 112 cm³/mol. The van der Waals surface area contributed by atoms with Gasteiger partial charge in [0.25, 0.3) is 0 Å². The van der Waals surface area contributed by atoms with E-state index in [9.17, 15) is 29.1 Å². The molecule has 0 radical (unpaired) electrons. The summed E-state index contributed by atoms with van der Waals surface area (Å²) in [6.45, 7) is 5.46. The normalized spacial score (nSPS) is 20.3. The van der Waals surface area contributed by atoms with E-state index in [0.29, 0.717) is 19.4 Å². The molecule has 182 valence electrons. The number of carbonyl (C=O) groups excluding carboxylic acids is 3. The Balaban J connectivity index is 2.97. The van der Waals surface area contributed by atoms with Crippen LogP contribution in [0.1, 0.15) is 52.9 Å². The molecule has 1 aliphatic rings. The zero-order valence-corrected chi connectivity index (χ0v) is 18.6. The Morgan fingerprint density at radius 2 is 1.66 bits per heavy atom. The smallest absolute Gasteiger partial charge is 0.328 e. The highest BCUT2D eigenvalue weighted by atomic mass is 16.4. The minimum atomic E-state index is -1.63.